The summed E-state index contributed by atoms with van der Waals surface area (Å²) < 4.78 is 38.9. The van der Waals surface area contributed by atoms with E-state index in [1.54, 1.807) is 18.2 Å². The molecular formula is C15H11BrClF3. The van der Waals surface area contributed by atoms with Gasteiger partial charge in [0.2, 0.25) is 0 Å². The Morgan fingerprint density at radius 2 is 1.60 bits per heavy atom. The van der Waals surface area contributed by atoms with Gasteiger partial charge in [0.05, 0.1) is 5.56 Å². The summed E-state index contributed by atoms with van der Waals surface area (Å²) in [6, 6.07) is 12.7. The molecule has 0 N–H and O–H groups in total. The average Bonchev–Trinajstić information content (AvgIpc) is 2.40. The molecule has 0 aliphatic carbocycles. The first kappa shape index (κ1) is 15.4. The number of hydrogen-bond donors (Lipinski definition) is 0. The molecule has 2 aromatic carbocycles. The highest BCUT2D eigenvalue weighted by atomic mass is 79.9. The highest BCUT2D eigenvalue weighted by Crippen LogP contribution is 2.39. The first-order valence-electron chi connectivity index (χ1n) is 5.93. The molecule has 0 bridgehead atoms. The summed E-state index contributed by atoms with van der Waals surface area (Å²) >= 11 is 9.38. The van der Waals surface area contributed by atoms with Gasteiger partial charge in [-0.1, -0.05) is 63.9 Å². The summed E-state index contributed by atoms with van der Waals surface area (Å²) in [7, 11) is 0. The lowest BCUT2D eigenvalue weighted by atomic mass is 9.99. The molecular weight excluding hydrogens is 353 g/mol. The molecule has 2 rings (SSSR count). The number of halogens is 5. The summed E-state index contributed by atoms with van der Waals surface area (Å²) in [4.78, 5) is -0.444. The van der Waals surface area contributed by atoms with Crippen molar-refractivity contribution in [1.29, 1.82) is 0 Å². The van der Waals surface area contributed by atoms with Gasteiger partial charge in [0, 0.05) is 9.85 Å². The van der Waals surface area contributed by atoms with Crippen LogP contribution in [0.3, 0.4) is 0 Å². The third-order valence-electron chi connectivity index (χ3n) is 2.96. The molecule has 0 saturated carbocycles. The molecule has 0 spiro atoms. The Morgan fingerprint density at radius 1 is 1.00 bits per heavy atom. The van der Waals surface area contributed by atoms with Crippen LogP contribution in [-0.4, -0.2) is 0 Å². The normalized spacial score (nSPS) is 13.2. The van der Waals surface area contributed by atoms with Gasteiger partial charge in [-0.15, -0.1) is 0 Å². The Labute approximate surface area is 128 Å². The van der Waals surface area contributed by atoms with Crippen molar-refractivity contribution in [3.63, 3.8) is 0 Å². The van der Waals surface area contributed by atoms with Crippen molar-refractivity contribution in [1.82, 2.24) is 0 Å². The third kappa shape index (κ3) is 3.55. The predicted octanol–water partition coefficient (Wildman–Crippen LogP) is 6.04. The molecule has 5 heteroatoms. The van der Waals surface area contributed by atoms with E-state index in [-0.39, 0.29) is 5.56 Å². The monoisotopic (exact) mass is 362 g/mol. The van der Waals surface area contributed by atoms with E-state index in [9.17, 15) is 13.2 Å². The first-order valence-corrected chi connectivity index (χ1v) is 7.22. The van der Waals surface area contributed by atoms with Gasteiger partial charge in [-0.05, 0) is 29.7 Å². The standard InChI is InChI=1S/C15H11BrClF3/c16-13(9-10-5-1-4-8-14(10)17)11-6-2-3-7-12(11)15(18,19)20/h1-8,13H,9H2. The number of rotatable bonds is 3. The molecule has 0 aromatic heterocycles. The van der Waals surface area contributed by atoms with Gasteiger partial charge in [0.15, 0.2) is 0 Å². The van der Waals surface area contributed by atoms with E-state index in [2.05, 4.69) is 15.9 Å². The molecule has 0 aliphatic heterocycles. The molecule has 106 valence electrons. The van der Waals surface area contributed by atoms with Crippen LogP contribution in [0.4, 0.5) is 13.2 Å². The molecule has 0 nitrogen and oxygen atoms in total. The van der Waals surface area contributed by atoms with Crippen LogP contribution in [0.25, 0.3) is 0 Å². The molecule has 2 aromatic rings. The molecule has 0 heterocycles. The van der Waals surface area contributed by atoms with Gasteiger partial charge in [0.1, 0.15) is 0 Å². The maximum Gasteiger partial charge on any atom is 0.416 e. The lowest BCUT2D eigenvalue weighted by Crippen LogP contribution is -2.11. The maximum absolute atomic E-state index is 13.0. The van der Waals surface area contributed by atoms with Gasteiger partial charge in [-0.3, -0.25) is 0 Å². The lowest BCUT2D eigenvalue weighted by molar-refractivity contribution is -0.138. The number of alkyl halides is 4. The zero-order valence-corrected chi connectivity index (χ0v) is 12.6. The molecule has 0 aliphatic rings. The second-order valence-corrected chi connectivity index (χ2v) is 5.86. The summed E-state index contributed by atoms with van der Waals surface area (Å²) in [5.41, 5.74) is 0.418. The molecule has 0 radical (unpaired) electrons. The average molecular weight is 364 g/mol. The highest BCUT2D eigenvalue weighted by molar-refractivity contribution is 9.09. The van der Waals surface area contributed by atoms with E-state index in [1.807, 2.05) is 12.1 Å². The van der Waals surface area contributed by atoms with Crippen LogP contribution in [0, 0.1) is 0 Å². The van der Waals surface area contributed by atoms with Crippen LogP contribution in [0.2, 0.25) is 5.02 Å². The second-order valence-electron chi connectivity index (χ2n) is 4.35. The molecule has 1 atom stereocenters. The Hall–Kier alpha value is -1.00. The van der Waals surface area contributed by atoms with Crippen LogP contribution in [0.5, 0.6) is 0 Å². The van der Waals surface area contributed by atoms with Crippen molar-refractivity contribution in [3.8, 4) is 0 Å². The van der Waals surface area contributed by atoms with Crippen molar-refractivity contribution >= 4 is 27.5 Å². The Kier molecular flexibility index (Phi) is 4.76. The van der Waals surface area contributed by atoms with Crippen molar-refractivity contribution < 1.29 is 13.2 Å². The minimum absolute atomic E-state index is 0.222. The zero-order chi connectivity index (χ0) is 14.8. The second kappa shape index (κ2) is 6.19. The van der Waals surface area contributed by atoms with E-state index in [4.69, 9.17) is 11.6 Å². The van der Waals surface area contributed by atoms with Crippen LogP contribution in [0.15, 0.2) is 48.5 Å². The van der Waals surface area contributed by atoms with Crippen molar-refractivity contribution in [3.05, 3.63) is 70.2 Å². The minimum atomic E-state index is -4.36. The maximum atomic E-state index is 13.0. The lowest BCUT2D eigenvalue weighted by Gasteiger charge is -2.17. The largest absolute Gasteiger partial charge is 0.416 e. The van der Waals surface area contributed by atoms with Gasteiger partial charge in [0.25, 0.3) is 0 Å². The first-order chi connectivity index (χ1) is 9.39. The molecule has 0 fully saturated rings. The summed E-state index contributed by atoms with van der Waals surface area (Å²) in [6.45, 7) is 0. The van der Waals surface area contributed by atoms with Crippen LogP contribution < -0.4 is 0 Å². The molecule has 0 amide bonds. The third-order valence-corrected chi connectivity index (χ3v) is 4.15. The Balaban J connectivity index is 2.31. The molecule has 20 heavy (non-hydrogen) atoms. The SMILES string of the molecule is FC(F)(F)c1ccccc1C(Br)Cc1ccccc1Cl. The van der Waals surface area contributed by atoms with E-state index in [1.165, 1.54) is 12.1 Å². The van der Waals surface area contributed by atoms with E-state index < -0.39 is 16.6 Å². The van der Waals surface area contributed by atoms with E-state index in [0.29, 0.717) is 11.4 Å². The van der Waals surface area contributed by atoms with Crippen LogP contribution >= 0.6 is 27.5 Å². The van der Waals surface area contributed by atoms with Gasteiger partial charge >= 0.3 is 6.18 Å². The fraction of sp³-hybridized carbons (Fsp3) is 0.200. The van der Waals surface area contributed by atoms with Crippen LogP contribution in [0.1, 0.15) is 21.5 Å². The van der Waals surface area contributed by atoms with Gasteiger partial charge in [-0.2, -0.15) is 13.2 Å². The van der Waals surface area contributed by atoms with Crippen molar-refractivity contribution in [2.24, 2.45) is 0 Å². The fourth-order valence-corrected chi connectivity index (χ4v) is 2.96. The molecule has 0 saturated heterocycles. The van der Waals surface area contributed by atoms with Crippen LogP contribution in [-0.2, 0) is 12.6 Å². The minimum Gasteiger partial charge on any atom is -0.166 e. The summed E-state index contributed by atoms with van der Waals surface area (Å²) in [5, 5.41) is 0.557. The van der Waals surface area contributed by atoms with E-state index in [0.717, 1.165) is 11.6 Å². The number of hydrogen-bond acceptors (Lipinski definition) is 0. The van der Waals surface area contributed by atoms with Crippen molar-refractivity contribution in [2.45, 2.75) is 17.4 Å². The Morgan fingerprint density at radius 3 is 2.25 bits per heavy atom. The molecule has 1 unspecified atom stereocenters. The quantitative estimate of drug-likeness (QED) is 0.583. The smallest absolute Gasteiger partial charge is 0.166 e. The number of benzene rings is 2. The topological polar surface area (TPSA) is 0 Å². The zero-order valence-electron chi connectivity index (χ0n) is 10.3. The Bertz CT molecular complexity index is 596. The summed E-state index contributed by atoms with van der Waals surface area (Å²) in [6.07, 6.45) is -3.96. The highest BCUT2D eigenvalue weighted by Gasteiger charge is 2.34. The van der Waals surface area contributed by atoms with Crippen molar-refractivity contribution in [2.75, 3.05) is 0 Å². The van der Waals surface area contributed by atoms with Gasteiger partial charge < -0.3 is 0 Å². The van der Waals surface area contributed by atoms with Gasteiger partial charge in [-0.25, -0.2) is 0 Å². The summed E-state index contributed by atoms with van der Waals surface area (Å²) in [5.74, 6) is 0. The fourth-order valence-electron chi connectivity index (χ4n) is 2.00. The van der Waals surface area contributed by atoms with E-state index >= 15 is 0 Å². The predicted molar refractivity (Wildman–Crippen MR) is 78.3 cm³/mol.